The maximum atomic E-state index is 12.9. The molecule has 0 radical (unpaired) electrons. The van der Waals surface area contributed by atoms with E-state index in [1.165, 1.54) is 19.3 Å². The Morgan fingerprint density at radius 2 is 1.91 bits per heavy atom. The highest BCUT2D eigenvalue weighted by Gasteiger charge is 2.42. The summed E-state index contributed by atoms with van der Waals surface area (Å²) in [6, 6.07) is 10.1. The van der Waals surface area contributed by atoms with Gasteiger partial charge in [-0.3, -0.25) is 4.79 Å². The van der Waals surface area contributed by atoms with Crippen molar-refractivity contribution in [3.05, 3.63) is 35.9 Å². The minimum atomic E-state index is -0.511. The van der Waals surface area contributed by atoms with E-state index in [9.17, 15) is 4.79 Å². The first-order valence-electron chi connectivity index (χ1n) is 8.10. The van der Waals surface area contributed by atoms with Crippen molar-refractivity contribution in [2.45, 2.75) is 44.4 Å². The normalized spacial score (nSPS) is 17.9. The smallest absolute Gasteiger partial charge is 0.231 e. The highest BCUT2D eigenvalue weighted by molar-refractivity contribution is 5.88. The van der Waals surface area contributed by atoms with Crippen LogP contribution in [-0.4, -0.2) is 24.2 Å². The van der Waals surface area contributed by atoms with Crippen LogP contribution in [0.25, 0.3) is 0 Å². The van der Waals surface area contributed by atoms with Crippen molar-refractivity contribution < 1.29 is 9.90 Å². The van der Waals surface area contributed by atoms with Crippen LogP contribution in [0.3, 0.4) is 0 Å². The Bertz CT molecular complexity index is 538. The second-order valence-corrected chi connectivity index (χ2v) is 6.10. The van der Waals surface area contributed by atoms with Gasteiger partial charge in [-0.05, 0) is 31.2 Å². The first-order chi connectivity index (χ1) is 10.7. The number of hydrogen-bond acceptors (Lipinski definition) is 2. The van der Waals surface area contributed by atoms with Crippen LogP contribution in [0.15, 0.2) is 30.3 Å². The molecule has 1 unspecified atom stereocenters. The predicted molar refractivity (Wildman–Crippen MR) is 88.2 cm³/mol. The molecule has 1 amide bonds. The summed E-state index contributed by atoms with van der Waals surface area (Å²) >= 11 is 0. The van der Waals surface area contributed by atoms with E-state index in [2.05, 4.69) is 24.1 Å². The summed E-state index contributed by atoms with van der Waals surface area (Å²) in [5.41, 5.74) is 0.567. The van der Waals surface area contributed by atoms with Crippen LogP contribution in [0.5, 0.6) is 0 Å². The number of hydrogen-bond donors (Lipinski definition) is 2. The predicted octanol–water partition coefficient (Wildman–Crippen LogP) is 2.64. The topological polar surface area (TPSA) is 49.3 Å². The van der Waals surface area contributed by atoms with Gasteiger partial charge in [0.2, 0.25) is 5.91 Å². The summed E-state index contributed by atoms with van der Waals surface area (Å²) in [5.74, 6) is 5.74. The zero-order valence-electron chi connectivity index (χ0n) is 13.3. The summed E-state index contributed by atoms with van der Waals surface area (Å²) in [5, 5.41) is 11.6. The molecule has 0 bridgehead atoms. The van der Waals surface area contributed by atoms with Crippen LogP contribution in [0.1, 0.15) is 44.6 Å². The maximum absolute atomic E-state index is 12.9. The maximum Gasteiger partial charge on any atom is 0.231 e. The van der Waals surface area contributed by atoms with Crippen molar-refractivity contribution in [3.8, 4) is 11.8 Å². The lowest BCUT2D eigenvalue weighted by Gasteiger charge is -2.39. The number of benzene rings is 1. The van der Waals surface area contributed by atoms with Crippen LogP contribution >= 0.6 is 0 Å². The molecule has 1 atom stereocenters. The van der Waals surface area contributed by atoms with Gasteiger partial charge in [-0.1, -0.05) is 61.4 Å². The first kappa shape index (κ1) is 16.6. The fourth-order valence-electron chi connectivity index (χ4n) is 3.44. The summed E-state index contributed by atoms with van der Waals surface area (Å²) in [4.78, 5) is 12.9. The fraction of sp³-hybridized carbons (Fsp3) is 0.526. The summed E-state index contributed by atoms with van der Waals surface area (Å²) in [6.45, 7) is 2.18. The summed E-state index contributed by atoms with van der Waals surface area (Å²) in [6.07, 6.45) is 5.86. The molecule has 2 rings (SSSR count). The Labute approximate surface area is 133 Å². The standard InChI is InChI=1S/C19H25NO2/c1-19(16-10-4-2-5-11-16,17-12-6-3-7-13-17)18(22)20-14-8-9-15-21/h2,4-5,10-11,17,21H,3,6-7,12-15H2,1H3,(H,20,22). The van der Waals surface area contributed by atoms with Crippen molar-refractivity contribution in [1.82, 2.24) is 5.32 Å². The Hall–Kier alpha value is -1.79. The number of carbonyl (C=O) groups excluding carboxylic acids is 1. The van der Waals surface area contributed by atoms with Gasteiger partial charge in [-0.15, -0.1) is 0 Å². The Morgan fingerprint density at radius 3 is 2.55 bits per heavy atom. The number of nitrogens with one attached hydrogen (secondary N) is 1. The molecule has 1 aromatic carbocycles. The largest absolute Gasteiger partial charge is 0.384 e. The zero-order chi connectivity index (χ0) is 15.8. The molecule has 1 aliphatic rings. The van der Waals surface area contributed by atoms with E-state index in [1.807, 2.05) is 30.3 Å². The van der Waals surface area contributed by atoms with E-state index in [4.69, 9.17) is 5.11 Å². The molecule has 3 nitrogen and oxygen atoms in total. The van der Waals surface area contributed by atoms with Gasteiger partial charge in [-0.25, -0.2) is 0 Å². The Morgan fingerprint density at radius 1 is 1.23 bits per heavy atom. The number of rotatable bonds is 4. The quantitative estimate of drug-likeness (QED) is 0.840. The Balaban J connectivity index is 2.22. The summed E-state index contributed by atoms with van der Waals surface area (Å²) in [7, 11) is 0. The molecule has 1 fully saturated rings. The second-order valence-electron chi connectivity index (χ2n) is 6.10. The third kappa shape index (κ3) is 3.69. The molecule has 0 heterocycles. The van der Waals surface area contributed by atoms with E-state index in [-0.39, 0.29) is 19.1 Å². The minimum absolute atomic E-state index is 0.0397. The van der Waals surface area contributed by atoms with Gasteiger partial charge < -0.3 is 10.4 Å². The lowest BCUT2D eigenvalue weighted by Crippen LogP contribution is -2.48. The van der Waals surface area contributed by atoms with Crippen molar-refractivity contribution in [2.24, 2.45) is 5.92 Å². The lowest BCUT2D eigenvalue weighted by molar-refractivity contribution is -0.128. The van der Waals surface area contributed by atoms with Crippen molar-refractivity contribution >= 4 is 5.91 Å². The SMILES string of the molecule is CC(C(=O)NCC#CCO)(c1ccccc1)C1CCCCC1. The van der Waals surface area contributed by atoms with Crippen LogP contribution in [0.4, 0.5) is 0 Å². The average molecular weight is 299 g/mol. The van der Waals surface area contributed by atoms with Gasteiger partial charge in [0, 0.05) is 0 Å². The fourth-order valence-corrected chi connectivity index (χ4v) is 3.44. The van der Waals surface area contributed by atoms with Crippen LogP contribution in [0.2, 0.25) is 0 Å². The molecule has 0 spiro atoms. The molecule has 3 heteroatoms. The molecule has 1 aromatic rings. The average Bonchev–Trinajstić information content (AvgIpc) is 2.59. The molecular formula is C19H25NO2. The Kier molecular flexibility index (Phi) is 6.03. The van der Waals surface area contributed by atoms with Crippen molar-refractivity contribution in [3.63, 3.8) is 0 Å². The summed E-state index contributed by atoms with van der Waals surface area (Å²) < 4.78 is 0. The van der Waals surface area contributed by atoms with Gasteiger partial charge >= 0.3 is 0 Å². The third-order valence-corrected chi connectivity index (χ3v) is 4.81. The molecule has 2 N–H and O–H groups in total. The molecular weight excluding hydrogens is 274 g/mol. The number of aliphatic hydroxyl groups is 1. The van der Waals surface area contributed by atoms with Gasteiger partial charge in [0.15, 0.2) is 0 Å². The number of amides is 1. The van der Waals surface area contributed by atoms with Crippen LogP contribution in [-0.2, 0) is 10.2 Å². The molecule has 1 saturated carbocycles. The van der Waals surface area contributed by atoms with E-state index in [1.54, 1.807) is 0 Å². The lowest BCUT2D eigenvalue weighted by atomic mass is 9.65. The van der Waals surface area contributed by atoms with Crippen LogP contribution in [0, 0.1) is 17.8 Å². The third-order valence-electron chi connectivity index (χ3n) is 4.81. The molecule has 0 aliphatic heterocycles. The van der Waals surface area contributed by atoms with E-state index >= 15 is 0 Å². The molecule has 22 heavy (non-hydrogen) atoms. The van der Waals surface area contributed by atoms with Gasteiger partial charge in [0.05, 0.1) is 12.0 Å². The highest BCUT2D eigenvalue weighted by atomic mass is 16.2. The minimum Gasteiger partial charge on any atom is -0.384 e. The van der Waals surface area contributed by atoms with Gasteiger partial charge in [0.25, 0.3) is 0 Å². The molecule has 1 aliphatic carbocycles. The number of aliphatic hydroxyl groups excluding tert-OH is 1. The van der Waals surface area contributed by atoms with E-state index in [0.717, 1.165) is 18.4 Å². The molecule has 0 saturated heterocycles. The molecule has 0 aromatic heterocycles. The molecule has 118 valence electrons. The first-order valence-corrected chi connectivity index (χ1v) is 8.10. The van der Waals surface area contributed by atoms with Crippen molar-refractivity contribution in [1.29, 1.82) is 0 Å². The van der Waals surface area contributed by atoms with E-state index < -0.39 is 5.41 Å². The van der Waals surface area contributed by atoms with Crippen molar-refractivity contribution in [2.75, 3.05) is 13.2 Å². The van der Waals surface area contributed by atoms with Crippen LogP contribution < -0.4 is 5.32 Å². The van der Waals surface area contributed by atoms with Gasteiger partial charge in [0.1, 0.15) is 6.61 Å². The zero-order valence-corrected chi connectivity index (χ0v) is 13.3. The second kappa shape index (κ2) is 8.00. The number of carbonyl (C=O) groups is 1. The van der Waals surface area contributed by atoms with E-state index in [0.29, 0.717) is 5.92 Å². The van der Waals surface area contributed by atoms with Gasteiger partial charge in [-0.2, -0.15) is 0 Å². The highest BCUT2D eigenvalue weighted by Crippen LogP contribution is 2.41. The monoisotopic (exact) mass is 299 g/mol.